The molecule has 1 aromatic heterocycles. The highest BCUT2D eigenvalue weighted by Crippen LogP contribution is 2.36. The van der Waals surface area contributed by atoms with Gasteiger partial charge in [0.2, 0.25) is 17.7 Å². The lowest BCUT2D eigenvalue weighted by molar-refractivity contribution is -0.135. The average Bonchev–Trinajstić information content (AvgIpc) is 3.60. The Hall–Kier alpha value is -2.55. The zero-order valence-electron chi connectivity index (χ0n) is 18.8. The van der Waals surface area contributed by atoms with E-state index in [9.17, 15) is 14.4 Å². The smallest absolute Gasteiger partial charge is 0.236 e. The Labute approximate surface area is 188 Å². The molecule has 0 unspecified atom stereocenters. The number of likely N-dealkylation sites (tertiary alicyclic amines) is 1. The van der Waals surface area contributed by atoms with Crippen molar-refractivity contribution < 1.29 is 14.4 Å². The van der Waals surface area contributed by atoms with Crippen LogP contribution in [0.5, 0.6) is 0 Å². The molecule has 172 valence electrons. The van der Waals surface area contributed by atoms with Gasteiger partial charge >= 0.3 is 0 Å². The van der Waals surface area contributed by atoms with Crippen molar-refractivity contribution >= 4 is 23.5 Å². The zero-order valence-corrected chi connectivity index (χ0v) is 18.8. The number of rotatable bonds is 5. The van der Waals surface area contributed by atoms with E-state index in [4.69, 9.17) is 9.97 Å². The molecule has 32 heavy (non-hydrogen) atoms. The fourth-order valence-corrected chi connectivity index (χ4v) is 5.06. The fourth-order valence-electron chi connectivity index (χ4n) is 5.06. The van der Waals surface area contributed by atoms with Crippen molar-refractivity contribution in [3.05, 3.63) is 17.1 Å². The Balaban J connectivity index is 1.31. The van der Waals surface area contributed by atoms with E-state index in [2.05, 4.69) is 5.32 Å². The number of carbonyl (C=O) groups is 3. The van der Waals surface area contributed by atoms with E-state index < -0.39 is 0 Å². The summed E-state index contributed by atoms with van der Waals surface area (Å²) in [5.74, 6) is 2.43. The minimum atomic E-state index is -0.0243. The van der Waals surface area contributed by atoms with Crippen LogP contribution in [0.3, 0.4) is 0 Å². The molecule has 1 saturated carbocycles. The Morgan fingerprint density at radius 3 is 2.75 bits per heavy atom. The van der Waals surface area contributed by atoms with Gasteiger partial charge in [0.1, 0.15) is 11.6 Å². The number of aryl methyl sites for hydroxylation is 1. The maximum absolute atomic E-state index is 12.9. The summed E-state index contributed by atoms with van der Waals surface area (Å²) in [4.78, 5) is 52.6. The molecule has 1 atom stereocenters. The number of carbonyl (C=O) groups excluding carboxylic acids is 3. The van der Waals surface area contributed by atoms with Crippen LogP contribution in [0.15, 0.2) is 0 Å². The van der Waals surface area contributed by atoms with Crippen LogP contribution >= 0.6 is 0 Å². The minimum Gasteiger partial charge on any atom is -0.354 e. The van der Waals surface area contributed by atoms with Crippen molar-refractivity contribution in [2.24, 2.45) is 5.92 Å². The summed E-state index contributed by atoms with van der Waals surface area (Å²) >= 11 is 0. The molecule has 1 N–H and O–H groups in total. The summed E-state index contributed by atoms with van der Waals surface area (Å²) in [6, 6.07) is 0. The SMILES string of the molecule is Cc1nc([C@H]2CCCN(C(=O)CN3CCNC(=O)C3)C2)nc2c1CCC(=O)N2CC1CC1. The third-order valence-electron chi connectivity index (χ3n) is 7.11. The van der Waals surface area contributed by atoms with Gasteiger partial charge in [-0.3, -0.25) is 24.2 Å². The van der Waals surface area contributed by atoms with Gasteiger partial charge in [0.05, 0.1) is 13.1 Å². The monoisotopic (exact) mass is 440 g/mol. The second-order valence-electron chi connectivity index (χ2n) is 9.66. The fraction of sp³-hybridized carbons (Fsp3) is 0.696. The van der Waals surface area contributed by atoms with E-state index in [0.29, 0.717) is 38.4 Å². The van der Waals surface area contributed by atoms with Crippen molar-refractivity contribution in [1.29, 1.82) is 0 Å². The highest BCUT2D eigenvalue weighted by atomic mass is 16.2. The lowest BCUT2D eigenvalue weighted by Crippen LogP contribution is -2.52. The molecular weight excluding hydrogens is 408 g/mol. The van der Waals surface area contributed by atoms with Gasteiger partial charge in [0.25, 0.3) is 0 Å². The summed E-state index contributed by atoms with van der Waals surface area (Å²) in [6.07, 6.45) is 5.46. The van der Waals surface area contributed by atoms with Gasteiger partial charge in [0.15, 0.2) is 0 Å². The summed E-state index contributed by atoms with van der Waals surface area (Å²) in [7, 11) is 0. The highest BCUT2D eigenvalue weighted by Gasteiger charge is 2.35. The molecule has 5 rings (SSSR count). The quantitative estimate of drug-likeness (QED) is 0.721. The van der Waals surface area contributed by atoms with E-state index in [1.807, 2.05) is 21.6 Å². The molecule has 9 nitrogen and oxygen atoms in total. The van der Waals surface area contributed by atoms with Crippen LogP contribution in [0, 0.1) is 12.8 Å². The van der Waals surface area contributed by atoms with Crippen LogP contribution in [0.25, 0.3) is 0 Å². The Kier molecular flexibility index (Phi) is 5.84. The van der Waals surface area contributed by atoms with Crippen LogP contribution in [0.1, 0.15) is 55.1 Å². The maximum atomic E-state index is 12.9. The largest absolute Gasteiger partial charge is 0.354 e. The molecule has 4 heterocycles. The summed E-state index contributed by atoms with van der Waals surface area (Å²) in [6.45, 7) is 5.94. The lowest BCUT2D eigenvalue weighted by Gasteiger charge is -2.35. The molecular formula is C23H32N6O3. The van der Waals surface area contributed by atoms with Gasteiger partial charge in [-0.2, -0.15) is 0 Å². The Morgan fingerprint density at radius 1 is 1.12 bits per heavy atom. The van der Waals surface area contributed by atoms with Crippen LogP contribution in [-0.4, -0.2) is 83.3 Å². The molecule has 0 bridgehead atoms. The molecule has 9 heteroatoms. The number of fused-ring (bicyclic) bond motifs is 1. The molecule has 1 aromatic rings. The van der Waals surface area contributed by atoms with E-state index in [1.165, 1.54) is 12.8 Å². The molecule has 3 amide bonds. The lowest BCUT2D eigenvalue weighted by atomic mass is 9.95. The molecule has 0 aromatic carbocycles. The van der Waals surface area contributed by atoms with E-state index >= 15 is 0 Å². The van der Waals surface area contributed by atoms with Crippen molar-refractivity contribution in [3.63, 3.8) is 0 Å². The second kappa shape index (κ2) is 8.77. The van der Waals surface area contributed by atoms with Crippen molar-refractivity contribution in [3.8, 4) is 0 Å². The molecule has 3 aliphatic heterocycles. The predicted molar refractivity (Wildman–Crippen MR) is 118 cm³/mol. The van der Waals surface area contributed by atoms with Crippen molar-refractivity contribution in [1.82, 2.24) is 25.1 Å². The van der Waals surface area contributed by atoms with E-state index in [1.54, 1.807) is 0 Å². The molecule has 0 spiro atoms. The van der Waals surface area contributed by atoms with Crippen LogP contribution in [0.4, 0.5) is 5.82 Å². The number of anilines is 1. The van der Waals surface area contributed by atoms with Gasteiger partial charge in [0, 0.05) is 56.3 Å². The van der Waals surface area contributed by atoms with E-state index in [0.717, 1.165) is 48.8 Å². The first-order valence-electron chi connectivity index (χ1n) is 11.9. The molecule has 0 radical (unpaired) electrons. The number of nitrogens with one attached hydrogen (secondary N) is 1. The molecule has 2 saturated heterocycles. The van der Waals surface area contributed by atoms with Gasteiger partial charge in [-0.25, -0.2) is 9.97 Å². The van der Waals surface area contributed by atoms with Gasteiger partial charge < -0.3 is 10.2 Å². The second-order valence-corrected chi connectivity index (χ2v) is 9.66. The first-order valence-corrected chi connectivity index (χ1v) is 11.9. The summed E-state index contributed by atoms with van der Waals surface area (Å²) in [5, 5.41) is 2.80. The van der Waals surface area contributed by atoms with Crippen LogP contribution < -0.4 is 10.2 Å². The standard InChI is InChI=1S/C23H32N6O3/c1-15-18-6-7-20(31)29(11-16-4-5-16)23(18)26-22(25-15)17-3-2-9-28(12-17)21(32)14-27-10-8-24-19(30)13-27/h16-17H,2-14H2,1H3,(H,24,30)/t17-/m0/s1. The van der Waals surface area contributed by atoms with Gasteiger partial charge in [-0.1, -0.05) is 0 Å². The molecule has 4 aliphatic rings. The topological polar surface area (TPSA) is 98.7 Å². The van der Waals surface area contributed by atoms with Crippen molar-refractivity contribution in [2.75, 3.05) is 50.7 Å². The highest BCUT2D eigenvalue weighted by molar-refractivity contribution is 5.95. The first kappa shape index (κ1) is 21.3. The van der Waals surface area contributed by atoms with Crippen molar-refractivity contribution in [2.45, 2.75) is 51.4 Å². The number of amides is 3. The number of nitrogens with zero attached hydrogens (tertiary/aromatic N) is 5. The maximum Gasteiger partial charge on any atom is 0.236 e. The number of piperidine rings is 1. The number of hydrogen-bond donors (Lipinski definition) is 1. The average molecular weight is 441 g/mol. The first-order chi connectivity index (χ1) is 15.5. The number of hydrogen-bond acceptors (Lipinski definition) is 6. The van der Waals surface area contributed by atoms with Gasteiger partial charge in [-0.15, -0.1) is 0 Å². The third-order valence-corrected chi connectivity index (χ3v) is 7.11. The van der Waals surface area contributed by atoms with Crippen LogP contribution in [0.2, 0.25) is 0 Å². The zero-order chi connectivity index (χ0) is 22.2. The summed E-state index contributed by atoms with van der Waals surface area (Å²) in [5.41, 5.74) is 2.06. The molecule has 3 fully saturated rings. The normalized spacial score (nSPS) is 24.3. The Bertz CT molecular complexity index is 931. The predicted octanol–water partition coefficient (Wildman–Crippen LogP) is 0.612. The number of aromatic nitrogens is 2. The van der Waals surface area contributed by atoms with E-state index in [-0.39, 0.29) is 36.7 Å². The number of piperazine rings is 1. The Morgan fingerprint density at radius 2 is 1.97 bits per heavy atom. The van der Waals surface area contributed by atoms with Crippen LogP contribution in [-0.2, 0) is 20.8 Å². The minimum absolute atomic E-state index is 0.0243. The van der Waals surface area contributed by atoms with Gasteiger partial charge in [-0.05, 0) is 44.9 Å². The third kappa shape index (κ3) is 4.48. The summed E-state index contributed by atoms with van der Waals surface area (Å²) < 4.78 is 0. The molecule has 1 aliphatic carbocycles.